The summed E-state index contributed by atoms with van der Waals surface area (Å²) in [5, 5.41) is 36.6. The van der Waals surface area contributed by atoms with Gasteiger partial charge >= 0.3 is 0 Å². The number of sulfonamides is 1. The zero-order chi connectivity index (χ0) is 22.2. The second-order valence-electron chi connectivity index (χ2n) is 7.21. The molecule has 0 bridgehead atoms. The molecule has 10 nitrogen and oxygen atoms in total. The molecule has 1 aromatic heterocycles. The van der Waals surface area contributed by atoms with Gasteiger partial charge in [0.1, 0.15) is 33.6 Å². The number of rotatable bonds is 6. The highest BCUT2D eigenvalue weighted by Gasteiger charge is 2.49. The van der Waals surface area contributed by atoms with Crippen LogP contribution in [0.5, 0.6) is 5.75 Å². The Bertz CT molecular complexity index is 1270. The molecule has 1 unspecified atom stereocenters. The first-order valence-electron chi connectivity index (χ1n) is 9.15. The van der Waals surface area contributed by atoms with E-state index in [0.29, 0.717) is 0 Å². The van der Waals surface area contributed by atoms with Gasteiger partial charge in [0.05, 0.1) is 18.8 Å². The monoisotopic (exact) mass is 448 g/mol. The fraction of sp³-hybridized carbons (Fsp3) is 0.316. The Hall–Kier alpha value is -3.11. The number of fused-ring (bicyclic) bond motifs is 1. The Balaban J connectivity index is 1.56. The van der Waals surface area contributed by atoms with E-state index in [-0.39, 0.29) is 46.9 Å². The number of β-amino-alcohol motifs (C(OH)–C–C–N with tert-alkyl or cyclic N) is 1. The van der Waals surface area contributed by atoms with Gasteiger partial charge in [-0.3, -0.25) is 0 Å². The smallest absolute Gasteiger partial charge is 0.245 e. The molecule has 4 rings (SSSR count). The van der Waals surface area contributed by atoms with Crippen molar-refractivity contribution < 1.29 is 32.4 Å². The van der Waals surface area contributed by atoms with Gasteiger partial charge in [-0.25, -0.2) is 17.4 Å². The van der Waals surface area contributed by atoms with E-state index in [1.54, 1.807) is 12.1 Å². The molecule has 1 aliphatic heterocycles. The summed E-state index contributed by atoms with van der Waals surface area (Å²) in [6.45, 7) is -1.42. The van der Waals surface area contributed by atoms with Crippen molar-refractivity contribution in [3.63, 3.8) is 0 Å². The summed E-state index contributed by atoms with van der Waals surface area (Å²) in [7, 11) is -4.10. The minimum atomic E-state index is -4.10. The summed E-state index contributed by atoms with van der Waals surface area (Å²) in [6, 6.07) is 9.76. The topological polar surface area (TPSA) is 150 Å². The van der Waals surface area contributed by atoms with Gasteiger partial charge in [0.15, 0.2) is 5.52 Å². The van der Waals surface area contributed by atoms with E-state index >= 15 is 0 Å². The minimum Gasteiger partial charge on any atom is -0.493 e. The van der Waals surface area contributed by atoms with E-state index in [9.17, 15) is 23.0 Å². The molecule has 2 atom stereocenters. The van der Waals surface area contributed by atoms with Crippen LogP contribution in [0.4, 0.5) is 4.39 Å². The van der Waals surface area contributed by atoms with Gasteiger partial charge in [-0.2, -0.15) is 9.57 Å². The summed E-state index contributed by atoms with van der Waals surface area (Å²) >= 11 is 0. The molecule has 2 heterocycles. The molecule has 1 fully saturated rings. The molecule has 1 saturated heterocycles. The van der Waals surface area contributed by atoms with Crippen LogP contribution in [0.15, 0.2) is 45.9 Å². The summed E-state index contributed by atoms with van der Waals surface area (Å²) in [6.07, 6.45) is 0. The fourth-order valence-corrected chi connectivity index (χ4v) is 5.17. The number of aliphatic hydroxyl groups is 2. The molecular formula is C19H17FN4O6S. The molecule has 0 radical (unpaired) electrons. The van der Waals surface area contributed by atoms with E-state index in [0.717, 1.165) is 10.4 Å². The average molecular weight is 448 g/mol. The molecule has 31 heavy (non-hydrogen) atoms. The maximum absolute atomic E-state index is 13.8. The summed E-state index contributed by atoms with van der Waals surface area (Å²) in [4.78, 5) is -0.137. The number of nitrogens with zero attached hydrogens (tertiary/aromatic N) is 4. The molecule has 1 aliphatic rings. The van der Waals surface area contributed by atoms with Crippen molar-refractivity contribution in [1.29, 1.82) is 5.26 Å². The quantitative estimate of drug-likeness (QED) is 0.554. The molecular weight excluding hydrogens is 431 g/mol. The van der Waals surface area contributed by atoms with Crippen molar-refractivity contribution in [2.75, 3.05) is 26.3 Å². The highest BCUT2D eigenvalue weighted by atomic mass is 32.2. The van der Waals surface area contributed by atoms with E-state index in [4.69, 9.17) is 10.00 Å². The number of nitriles is 1. The fourth-order valence-electron chi connectivity index (χ4n) is 3.49. The molecule has 0 aliphatic carbocycles. The lowest BCUT2D eigenvalue weighted by molar-refractivity contribution is -0.0452. The van der Waals surface area contributed by atoms with Crippen molar-refractivity contribution in [1.82, 2.24) is 14.6 Å². The van der Waals surface area contributed by atoms with Crippen molar-refractivity contribution in [3.05, 3.63) is 47.8 Å². The van der Waals surface area contributed by atoms with Gasteiger partial charge in [0.25, 0.3) is 0 Å². The third-order valence-corrected chi connectivity index (χ3v) is 7.13. The molecule has 12 heteroatoms. The van der Waals surface area contributed by atoms with Crippen molar-refractivity contribution in [2.24, 2.45) is 5.92 Å². The molecule has 162 valence electrons. The number of aliphatic hydroxyl groups excluding tert-OH is 1. The third kappa shape index (κ3) is 3.72. The lowest BCUT2D eigenvalue weighted by Gasteiger charge is -2.26. The first-order valence-corrected chi connectivity index (χ1v) is 10.6. The first-order chi connectivity index (χ1) is 14.8. The van der Waals surface area contributed by atoms with Crippen LogP contribution in [-0.2, 0) is 10.0 Å². The Morgan fingerprint density at radius 1 is 1.35 bits per heavy atom. The second-order valence-corrected chi connectivity index (χ2v) is 9.12. The lowest BCUT2D eigenvalue weighted by atomic mass is 9.92. The van der Waals surface area contributed by atoms with E-state index in [2.05, 4.69) is 14.9 Å². The number of aromatic nitrogens is 2. The van der Waals surface area contributed by atoms with Crippen LogP contribution in [0.3, 0.4) is 0 Å². The maximum Gasteiger partial charge on any atom is 0.245 e. The molecule has 2 aromatic carbocycles. The highest BCUT2D eigenvalue weighted by molar-refractivity contribution is 7.89. The van der Waals surface area contributed by atoms with Gasteiger partial charge < -0.3 is 14.9 Å². The molecule has 0 amide bonds. The molecule has 3 aromatic rings. The summed E-state index contributed by atoms with van der Waals surface area (Å²) in [5.41, 5.74) is -1.59. The Kier molecular flexibility index (Phi) is 5.36. The zero-order valence-corrected chi connectivity index (χ0v) is 16.8. The van der Waals surface area contributed by atoms with Crippen LogP contribution in [0.25, 0.3) is 11.0 Å². The van der Waals surface area contributed by atoms with Crippen LogP contribution >= 0.6 is 0 Å². The first kappa shape index (κ1) is 21.1. The van der Waals surface area contributed by atoms with E-state index < -0.39 is 34.0 Å². The van der Waals surface area contributed by atoms with Crippen LogP contribution < -0.4 is 4.74 Å². The zero-order valence-electron chi connectivity index (χ0n) is 16.0. The van der Waals surface area contributed by atoms with Gasteiger partial charge in [-0.1, -0.05) is 6.07 Å². The average Bonchev–Trinajstić information content (AvgIpc) is 3.37. The molecule has 2 N–H and O–H groups in total. The number of benzene rings is 2. The van der Waals surface area contributed by atoms with E-state index in [1.807, 2.05) is 0 Å². The number of hydrogen-bond acceptors (Lipinski definition) is 9. The highest BCUT2D eigenvalue weighted by Crippen LogP contribution is 2.34. The largest absolute Gasteiger partial charge is 0.493 e. The van der Waals surface area contributed by atoms with Gasteiger partial charge in [-0.15, -0.1) is 0 Å². The van der Waals surface area contributed by atoms with Crippen molar-refractivity contribution in [2.45, 2.75) is 10.5 Å². The van der Waals surface area contributed by atoms with Crippen molar-refractivity contribution >= 4 is 21.1 Å². The van der Waals surface area contributed by atoms with Crippen LogP contribution in [0, 0.1) is 23.1 Å². The minimum absolute atomic E-state index is 0.0581. The van der Waals surface area contributed by atoms with Crippen LogP contribution in [-0.4, -0.2) is 65.2 Å². The van der Waals surface area contributed by atoms with Gasteiger partial charge in [0.2, 0.25) is 10.0 Å². The standard InChI is InChI=1S/C19H17FN4O6S/c20-15-6-14(5-4-12(15)7-21)29-9-13-8-24(10-19(13,26)11-25)31(27,28)17-3-1-2-16-18(17)23-30-22-16/h1-6,13,25-26H,8-11H2/t13?,19-/m1/s1. The number of hydrogen-bond donors (Lipinski definition) is 2. The SMILES string of the molecule is N#Cc1ccc(OCC2CN(S(=O)(=O)c3cccc4nonc34)C[C@@]2(O)CO)cc1F. The Labute approximate surface area is 176 Å². The third-order valence-electron chi connectivity index (χ3n) is 5.29. The number of ether oxygens (including phenoxy) is 1. The molecule has 0 spiro atoms. The Morgan fingerprint density at radius 3 is 2.87 bits per heavy atom. The number of halogens is 1. The predicted molar refractivity (Wildman–Crippen MR) is 103 cm³/mol. The maximum atomic E-state index is 13.8. The normalized spacial score (nSPS) is 21.9. The van der Waals surface area contributed by atoms with E-state index in [1.165, 1.54) is 24.3 Å². The Morgan fingerprint density at radius 2 is 2.16 bits per heavy atom. The van der Waals surface area contributed by atoms with Crippen molar-refractivity contribution in [3.8, 4) is 11.8 Å². The van der Waals surface area contributed by atoms with Crippen LogP contribution in [0.2, 0.25) is 0 Å². The summed E-state index contributed by atoms with van der Waals surface area (Å²) in [5.74, 6) is -1.46. The summed E-state index contributed by atoms with van der Waals surface area (Å²) < 4.78 is 51.3. The molecule has 0 saturated carbocycles. The van der Waals surface area contributed by atoms with Gasteiger partial charge in [0, 0.05) is 25.1 Å². The lowest BCUT2D eigenvalue weighted by Crippen LogP contribution is -2.44. The van der Waals surface area contributed by atoms with Gasteiger partial charge in [-0.05, 0) is 34.6 Å². The second kappa shape index (κ2) is 7.86. The van der Waals surface area contributed by atoms with Crippen LogP contribution in [0.1, 0.15) is 5.56 Å². The predicted octanol–water partition coefficient (Wildman–Crippen LogP) is 0.656.